The molecule has 0 radical (unpaired) electrons. The molecule has 0 atom stereocenters. The van der Waals surface area contributed by atoms with Crippen molar-refractivity contribution in [3.05, 3.63) is 30.1 Å². The average molecular weight is 204 g/mol. The summed E-state index contributed by atoms with van der Waals surface area (Å²) in [5.74, 6) is 0.950. The van der Waals surface area contributed by atoms with Crippen LogP contribution in [0.4, 0.5) is 0 Å². The molecule has 0 N–H and O–H groups in total. The molecule has 0 saturated carbocycles. The van der Waals surface area contributed by atoms with Crippen molar-refractivity contribution in [3.63, 3.8) is 0 Å². The number of benzene rings is 1. The number of imidazole rings is 1. The Hall–Kier alpha value is -1.51. The van der Waals surface area contributed by atoms with Crippen molar-refractivity contribution in [2.45, 2.75) is 26.2 Å². The summed E-state index contributed by atoms with van der Waals surface area (Å²) < 4.78 is 1.80. The first-order chi connectivity index (χ1) is 7.04. The van der Waals surface area contributed by atoms with Gasteiger partial charge in [0.1, 0.15) is 12.6 Å². The first-order valence-electron chi connectivity index (χ1n) is 5.06. The third kappa shape index (κ3) is 1.58. The summed E-state index contributed by atoms with van der Waals surface area (Å²) in [6, 6.07) is 7.99. The highest BCUT2D eigenvalue weighted by Gasteiger charge is 2.23. The minimum Gasteiger partial charge on any atom is -0.415 e. The van der Waals surface area contributed by atoms with Crippen molar-refractivity contribution in [1.29, 1.82) is 0 Å². The molecule has 1 heterocycles. The van der Waals surface area contributed by atoms with Crippen molar-refractivity contribution in [1.82, 2.24) is 9.71 Å². The predicted molar refractivity (Wildman–Crippen MR) is 60.9 cm³/mol. The van der Waals surface area contributed by atoms with E-state index in [2.05, 4.69) is 25.8 Å². The molecule has 0 unspecified atom stereocenters. The molecule has 0 amide bonds. The third-order valence-electron chi connectivity index (χ3n) is 2.37. The second kappa shape index (κ2) is 3.26. The van der Waals surface area contributed by atoms with E-state index in [9.17, 15) is 0 Å². The van der Waals surface area contributed by atoms with E-state index in [1.165, 1.54) is 0 Å². The van der Waals surface area contributed by atoms with Crippen LogP contribution in [0.15, 0.2) is 24.3 Å². The molecule has 3 nitrogen and oxygen atoms in total. The van der Waals surface area contributed by atoms with Crippen LogP contribution in [-0.4, -0.2) is 16.8 Å². The molecule has 1 aromatic heterocycles. The van der Waals surface area contributed by atoms with Gasteiger partial charge in [-0.15, -0.1) is 0 Å². The van der Waals surface area contributed by atoms with Gasteiger partial charge in [0.05, 0.1) is 5.52 Å². The van der Waals surface area contributed by atoms with Crippen LogP contribution in [0.2, 0.25) is 0 Å². The summed E-state index contributed by atoms with van der Waals surface area (Å²) in [7, 11) is 1.67. The molecule has 80 valence electrons. The highest BCUT2D eigenvalue weighted by Crippen LogP contribution is 2.24. The summed E-state index contributed by atoms with van der Waals surface area (Å²) in [5, 5.41) is 0. The Labute approximate surface area is 89.6 Å². The minimum atomic E-state index is -0.0188. The van der Waals surface area contributed by atoms with Crippen molar-refractivity contribution in [2.75, 3.05) is 7.11 Å². The van der Waals surface area contributed by atoms with Crippen LogP contribution in [0.1, 0.15) is 26.6 Å². The zero-order valence-corrected chi connectivity index (χ0v) is 9.61. The Kier molecular flexibility index (Phi) is 2.18. The number of nitrogens with zero attached hydrogens (tertiary/aromatic N) is 2. The van der Waals surface area contributed by atoms with Gasteiger partial charge in [0.2, 0.25) is 0 Å². The van der Waals surface area contributed by atoms with Gasteiger partial charge in [-0.25, -0.2) is 4.98 Å². The lowest BCUT2D eigenvalue weighted by Crippen LogP contribution is -2.21. The highest BCUT2D eigenvalue weighted by atomic mass is 16.6. The minimum absolute atomic E-state index is 0.0188. The van der Waals surface area contributed by atoms with Crippen LogP contribution in [0, 0.1) is 0 Å². The molecule has 0 spiro atoms. The normalized spacial score (nSPS) is 12.0. The molecule has 3 heteroatoms. The van der Waals surface area contributed by atoms with E-state index < -0.39 is 0 Å². The predicted octanol–water partition coefficient (Wildman–Crippen LogP) is 2.39. The first kappa shape index (κ1) is 10.0. The van der Waals surface area contributed by atoms with Gasteiger partial charge in [-0.05, 0) is 12.1 Å². The zero-order chi connectivity index (χ0) is 11.1. The fraction of sp³-hybridized carbons (Fsp3) is 0.417. The highest BCUT2D eigenvalue weighted by molar-refractivity contribution is 5.75. The number of rotatable bonds is 1. The van der Waals surface area contributed by atoms with Crippen molar-refractivity contribution < 1.29 is 4.84 Å². The molecular weight excluding hydrogens is 188 g/mol. The number of hydrogen-bond donors (Lipinski definition) is 0. The largest absolute Gasteiger partial charge is 0.415 e. The van der Waals surface area contributed by atoms with Crippen molar-refractivity contribution in [2.24, 2.45) is 0 Å². The van der Waals surface area contributed by atoms with Gasteiger partial charge in [0, 0.05) is 5.41 Å². The molecule has 2 rings (SSSR count). The van der Waals surface area contributed by atoms with E-state index in [-0.39, 0.29) is 5.41 Å². The third-order valence-corrected chi connectivity index (χ3v) is 2.37. The molecule has 0 aliphatic heterocycles. The lowest BCUT2D eigenvalue weighted by Gasteiger charge is -2.18. The Morgan fingerprint density at radius 2 is 1.87 bits per heavy atom. The van der Waals surface area contributed by atoms with E-state index in [0.29, 0.717) is 0 Å². The quantitative estimate of drug-likeness (QED) is 0.713. The summed E-state index contributed by atoms with van der Waals surface area (Å²) >= 11 is 0. The van der Waals surface area contributed by atoms with Crippen LogP contribution < -0.4 is 4.84 Å². The van der Waals surface area contributed by atoms with E-state index in [1.54, 1.807) is 11.8 Å². The standard InChI is InChI=1S/C12H16N2O/c1-12(2,3)11-13-9-7-5-6-8-10(9)14(11)15-4/h5-8H,1-4H3. The maximum atomic E-state index is 5.38. The van der Waals surface area contributed by atoms with Gasteiger partial charge in [0.25, 0.3) is 0 Å². The molecule has 0 aliphatic carbocycles. The molecule has 2 aromatic rings. The summed E-state index contributed by atoms with van der Waals surface area (Å²) in [4.78, 5) is 9.97. The average Bonchev–Trinajstić information content (AvgIpc) is 2.55. The second-order valence-electron chi connectivity index (χ2n) is 4.65. The topological polar surface area (TPSA) is 27.1 Å². The van der Waals surface area contributed by atoms with Crippen LogP contribution in [0.25, 0.3) is 11.0 Å². The SMILES string of the molecule is COn1c(C(C)(C)C)nc2ccccc21. The van der Waals surface area contributed by atoms with Crippen molar-refractivity contribution >= 4 is 11.0 Å². The van der Waals surface area contributed by atoms with Gasteiger partial charge < -0.3 is 4.84 Å². The van der Waals surface area contributed by atoms with E-state index in [4.69, 9.17) is 4.84 Å². The number of fused-ring (bicyclic) bond motifs is 1. The molecule has 0 bridgehead atoms. The second-order valence-corrected chi connectivity index (χ2v) is 4.65. The molecule has 1 aromatic carbocycles. The summed E-state index contributed by atoms with van der Waals surface area (Å²) in [5.41, 5.74) is 1.98. The molecule has 0 saturated heterocycles. The number of para-hydroxylation sites is 2. The maximum Gasteiger partial charge on any atom is 0.151 e. The Balaban J connectivity index is 2.75. The first-order valence-corrected chi connectivity index (χ1v) is 5.06. The van der Waals surface area contributed by atoms with Gasteiger partial charge in [-0.3, -0.25) is 0 Å². The lowest BCUT2D eigenvalue weighted by molar-refractivity contribution is 0.158. The number of hydrogen-bond acceptors (Lipinski definition) is 2. The fourth-order valence-electron chi connectivity index (χ4n) is 1.66. The Bertz CT molecular complexity index is 480. The lowest BCUT2D eigenvalue weighted by atomic mass is 9.96. The van der Waals surface area contributed by atoms with Crippen LogP contribution in [0.3, 0.4) is 0 Å². The monoisotopic (exact) mass is 204 g/mol. The fourth-order valence-corrected chi connectivity index (χ4v) is 1.66. The van der Waals surface area contributed by atoms with E-state index >= 15 is 0 Å². The maximum absolute atomic E-state index is 5.38. The molecule has 0 fully saturated rings. The molecular formula is C12H16N2O. The van der Waals surface area contributed by atoms with E-state index in [1.807, 2.05) is 24.3 Å². The van der Waals surface area contributed by atoms with Gasteiger partial charge in [0.15, 0.2) is 5.82 Å². The van der Waals surface area contributed by atoms with Gasteiger partial charge in [-0.2, -0.15) is 4.73 Å². The zero-order valence-electron chi connectivity index (χ0n) is 9.61. The summed E-state index contributed by atoms with van der Waals surface area (Å²) in [6.45, 7) is 6.39. The van der Waals surface area contributed by atoms with Gasteiger partial charge >= 0.3 is 0 Å². The smallest absolute Gasteiger partial charge is 0.151 e. The van der Waals surface area contributed by atoms with Crippen LogP contribution in [0.5, 0.6) is 0 Å². The van der Waals surface area contributed by atoms with Crippen LogP contribution >= 0.6 is 0 Å². The molecule has 0 aliphatic rings. The van der Waals surface area contributed by atoms with Crippen LogP contribution in [-0.2, 0) is 5.41 Å². The van der Waals surface area contributed by atoms with E-state index in [0.717, 1.165) is 16.9 Å². The Morgan fingerprint density at radius 1 is 1.20 bits per heavy atom. The number of aromatic nitrogens is 2. The Morgan fingerprint density at radius 3 is 2.47 bits per heavy atom. The summed E-state index contributed by atoms with van der Waals surface area (Å²) in [6.07, 6.45) is 0. The molecule has 15 heavy (non-hydrogen) atoms. The van der Waals surface area contributed by atoms with Gasteiger partial charge in [-0.1, -0.05) is 32.9 Å². The van der Waals surface area contributed by atoms with Crippen molar-refractivity contribution in [3.8, 4) is 0 Å².